The molecule has 1 aromatic carbocycles. The van der Waals surface area contributed by atoms with Gasteiger partial charge in [0.05, 0.1) is 0 Å². The number of hydrogen-bond acceptors (Lipinski definition) is 4. The Kier molecular flexibility index (Phi) is 5.49. The molecule has 148 valence electrons. The average Bonchev–Trinajstić information content (AvgIpc) is 3.06. The van der Waals surface area contributed by atoms with E-state index in [1.165, 1.54) is 16.1 Å². The molecule has 0 unspecified atom stereocenters. The van der Waals surface area contributed by atoms with Gasteiger partial charge in [0.1, 0.15) is 29.7 Å². The minimum Gasteiger partial charge on any atom is -0.489 e. The molecule has 0 radical (unpaired) electrons. The molecule has 2 aromatic heterocycles. The average molecular weight is 425 g/mol. The molecule has 1 aliphatic carbocycles. The second kappa shape index (κ2) is 8.06. The van der Waals surface area contributed by atoms with Crippen LogP contribution in [0.3, 0.4) is 0 Å². The number of benzene rings is 1. The first-order valence-corrected chi connectivity index (χ1v) is 10.9. The van der Waals surface area contributed by atoms with Crippen LogP contribution in [-0.4, -0.2) is 0 Å². The van der Waals surface area contributed by atoms with Crippen LogP contribution in [0, 0.1) is 25.2 Å². The molecule has 6 heteroatoms. The van der Waals surface area contributed by atoms with Crippen molar-refractivity contribution in [2.45, 2.75) is 46.1 Å². The Morgan fingerprint density at radius 3 is 2.79 bits per heavy atom. The molecule has 0 aliphatic heterocycles. The fraction of sp³-hybridized carbons (Fsp3) is 0.304. The quantitative estimate of drug-likeness (QED) is 0.608. The largest absolute Gasteiger partial charge is 0.489 e. The molecular weight excluding hydrogens is 402 g/mol. The smallest absolute Gasteiger partial charge is 0.289 e. The van der Waals surface area contributed by atoms with Gasteiger partial charge in [-0.2, -0.15) is 5.26 Å². The molecular formula is C23H23ClN3OS+. The number of nitrogens with two attached hydrogens (primary N) is 1. The monoisotopic (exact) mass is 424 g/mol. The number of pyridine rings is 1. The molecule has 4 nitrogen and oxygen atoms in total. The van der Waals surface area contributed by atoms with Gasteiger partial charge < -0.3 is 4.74 Å². The van der Waals surface area contributed by atoms with Crippen LogP contribution < -0.4 is 15.5 Å². The summed E-state index contributed by atoms with van der Waals surface area (Å²) in [6.07, 6.45) is 4.24. The van der Waals surface area contributed by atoms with Crippen LogP contribution in [0.4, 0.5) is 5.82 Å². The number of aromatic amines is 1. The Balaban J connectivity index is 1.70. The zero-order chi connectivity index (χ0) is 20.5. The highest BCUT2D eigenvalue weighted by atomic mass is 35.5. The Hall–Kier alpha value is -2.55. The lowest BCUT2D eigenvalue weighted by molar-refractivity contribution is -0.374. The number of H-pyrrole nitrogens is 1. The first kappa shape index (κ1) is 19.8. The second-order valence-electron chi connectivity index (χ2n) is 7.46. The van der Waals surface area contributed by atoms with Gasteiger partial charge >= 0.3 is 0 Å². The van der Waals surface area contributed by atoms with E-state index in [-0.39, 0.29) is 0 Å². The molecule has 1 aliphatic rings. The minimum atomic E-state index is 0.462. The summed E-state index contributed by atoms with van der Waals surface area (Å²) in [7, 11) is 0. The van der Waals surface area contributed by atoms with E-state index in [1.807, 2.05) is 25.1 Å². The molecule has 0 fully saturated rings. The van der Waals surface area contributed by atoms with Crippen molar-refractivity contribution in [2.24, 2.45) is 0 Å². The van der Waals surface area contributed by atoms with Crippen molar-refractivity contribution >= 4 is 28.8 Å². The van der Waals surface area contributed by atoms with Crippen LogP contribution >= 0.6 is 22.9 Å². The molecule has 4 rings (SSSR count). The number of anilines is 1. The maximum Gasteiger partial charge on any atom is 0.289 e. The third kappa shape index (κ3) is 3.83. The fourth-order valence-electron chi connectivity index (χ4n) is 3.93. The van der Waals surface area contributed by atoms with E-state index >= 15 is 0 Å². The van der Waals surface area contributed by atoms with Gasteiger partial charge in [0, 0.05) is 37.9 Å². The maximum absolute atomic E-state index is 9.76. The van der Waals surface area contributed by atoms with Gasteiger partial charge in [0.15, 0.2) is 0 Å². The summed E-state index contributed by atoms with van der Waals surface area (Å²) >= 11 is 7.74. The first-order valence-electron chi connectivity index (χ1n) is 9.73. The number of aromatic nitrogens is 1. The number of halogens is 1. The lowest BCUT2D eigenvalue weighted by Crippen LogP contribution is -2.24. The van der Waals surface area contributed by atoms with E-state index in [0.29, 0.717) is 23.0 Å². The number of ether oxygens (including phenoxy) is 1. The third-order valence-electron chi connectivity index (χ3n) is 5.47. The minimum absolute atomic E-state index is 0.462. The number of fused-ring (bicyclic) bond motifs is 1. The van der Waals surface area contributed by atoms with Crippen LogP contribution in [0.1, 0.15) is 45.7 Å². The number of hydrogen-bond donors (Lipinski definition) is 1. The second-order valence-corrected chi connectivity index (χ2v) is 9.15. The zero-order valence-corrected chi connectivity index (χ0v) is 18.1. The lowest BCUT2D eigenvalue weighted by Gasteiger charge is -2.17. The van der Waals surface area contributed by atoms with Gasteiger partial charge in [0.2, 0.25) is 0 Å². The molecule has 3 N–H and O–H groups in total. The van der Waals surface area contributed by atoms with Crippen LogP contribution in [-0.2, 0) is 19.4 Å². The highest BCUT2D eigenvalue weighted by Gasteiger charge is 2.26. The molecule has 0 amide bonds. The maximum atomic E-state index is 9.76. The summed E-state index contributed by atoms with van der Waals surface area (Å²) in [6.45, 7) is 4.56. The van der Waals surface area contributed by atoms with E-state index in [9.17, 15) is 5.26 Å². The Bertz CT molecular complexity index is 1130. The van der Waals surface area contributed by atoms with Crippen molar-refractivity contribution in [3.63, 3.8) is 0 Å². The normalized spacial score (nSPS) is 13.0. The number of thiophene rings is 1. The van der Waals surface area contributed by atoms with Crippen LogP contribution in [0.25, 0.3) is 10.4 Å². The van der Waals surface area contributed by atoms with Gasteiger partial charge in [-0.1, -0.05) is 11.6 Å². The summed E-state index contributed by atoms with van der Waals surface area (Å²) in [6, 6.07) is 10.1. The van der Waals surface area contributed by atoms with Crippen LogP contribution in [0.15, 0.2) is 24.3 Å². The van der Waals surface area contributed by atoms with Crippen LogP contribution in [0.2, 0.25) is 5.02 Å². The number of rotatable bonds is 4. The first-order chi connectivity index (χ1) is 14.0. The van der Waals surface area contributed by atoms with Gasteiger partial charge in [-0.15, -0.1) is 11.3 Å². The van der Waals surface area contributed by atoms with Crippen molar-refractivity contribution < 1.29 is 9.72 Å². The molecule has 0 bridgehead atoms. The van der Waals surface area contributed by atoms with Gasteiger partial charge in [0.25, 0.3) is 5.82 Å². The van der Waals surface area contributed by atoms with Gasteiger partial charge in [-0.25, -0.2) is 4.98 Å². The highest BCUT2D eigenvalue weighted by molar-refractivity contribution is 7.15. The van der Waals surface area contributed by atoms with Crippen molar-refractivity contribution in [1.82, 2.24) is 0 Å². The fourth-order valence-corrected chi connectivity index (χ4v) is 5.27. The van der Waals surface area contributed by atoms with Crippen LogP contribution in [0.5, 0.6) is 5.75 Å². The molecule has 0 spiro atoms. The number of nitrogens with zero attached hydrogens (tertiary/aromatic N) is 1. The van der Waals surface area contributed by atoms with Crippen molar-refractivity contribution in [3.05, 3.63) is 62.1 Å². The number of nitriles is 1. The van der Waals surface area contributed by atoms with Gasteiger partial charge in [-0.3, -0.25) is 5.73 Å². The number of nitrogens with one attached hydrogen (secondary N) is 1. The van der Waals surface area contributed by atoms with Crippen molar-refractivity contribution in [2.75, 3.05) is 5.73 Å². The van der Waals surface area contributed by atoms with E-state index in [0.717, 1.165) is 53.0 Å². The standard InChI is InChI=1S/C23H22ClN3OS/c1-13-9-16(24)7-8-20(13)28-12-15-10-21(29-14(15)2)22-17-5-3-4-6-19(17)27-23(26)18(22)11-25/h7-10H,3-6,12H2,1-2H3,(H2,26,27)/p+1. The summed E-state index contributed by atoms with van der Waals surface area (Å²) in [5.74, 6) is 1.29. The Labute approximate surface area is 179 Å². The van der Waals surface area contributed by atoms with E-state index in [2.05, 4.69) is 24.0 Å². The lowest BCUT2D eigenvalue weighted by atomic mass is 9.89. The number of nitrogen functional groups attached to an aromatic ring is 1. The summed E-state index contributed by atoms with van der Waals surface area (Å²) in [5, 5.41) is 10.5. The summed E-state index contributed by atoms with van der Waals surface area (Å²) in [5.41, 5.74) is 12.3. The topological polar surface area (TPSA) is 73.2 Å². The SMILES string of the molecule is Cc1cc(Cl)ccc1OCc1cc(-c2c(C#N)c(N)[nH+]c3c2CCCC3)sc1C. The summed E-state index contributed by atoms with van der Waals surface area (Å²) in [4.78, 5) is 5.53. The third-order valence-corrected chi connectivity index (χ3v) is 6.82. The Morgan fingerprint density at radius 2 is 2.03 bits per heavy atom. The molecule has 2 heterocycles. The number of aryl methyl sites for hydroxylation is 3. The van der Waals surface area contributed by atoms with Crippen molar-refractivity contribution in [3.8, 4) is 22.3 Å². The molecule has 3 aromatic rings. The van der Waals surface area contributed by atoms with E-state index < -0.39 is 0 Å². The molecule has 0 atom stereocenters. The summed E-state index contributed by atoms with van der Waals surface area (Å²) < 4.78 is 6.05. The van der Waals surface area contributed by atoms with Crippen molar-refractivity contribution in [1.29, 1.82) is 5.26 Å². The molecule has 0 saturated heterocycles. The molecule has 0 saturated carbocycles. The molecule has 29 heavy (non-hydrogen) atoms. The zero-order valence-electron chi connectivity index (χ0n) is 16.6. The predicted molar refractivity (Wildman–Crippen MR) is 117 cm³/mol. The van der Waals surface area contributed by atoms with E-state index in [4.69, 9.17) is 22.1 Å². The Morgan fingerprint density at radius 1 is 1.24 bits per heavy atom. The van der Waals surface area contributed by atoms with Gasteiger partial charge in [-0.05, 0) is 62.9 Å². The predicted octanol–water partition coefficient (Wildman–Crippen LogP) is 5.41. The highest BCUT2D eigenvalue weighted by Crippen LogP contribution is 2.39. The van der Waals surface area contributed by atoms with E-state index in [1.54, 1.807) is 11.3 Å².